The molecule has 35 heavy (non-hydrogen) atoms. The zero-order valence-corrected chi connectivity index (χ0v) is 18.1. The Morgan fingerprint density at radius 3 is 2.34 bits per heavy atom. The Morgan fingerprint density at radius 1 is 0.943 bits per heavy atom. The Morgan fingerprint density at radius 2 is 1.66 bits per heavy atom. The summed E-state index contributed by atoms with van der Waals surface area (Å²) in [6.07, 6.45) is 2.26. The lowest BCUT2D eigenvalue weighted by atomic mass is 9.85. The second-order valence-corrected chi connectivity index (χ2v) is 7.84. The molecule has 10 nitrogen and oxygen atoms in total. The topological polar surface area (TPSA) is 152 Å². The van der Waals surface area contributed by atoms with Gasteiger partial charge in [-0.25, -0.2) is 4.79 Å². The third-order valence-electron chi connectivity index (χ3n) is 5.67. The van der Waals surface area contributed by atoms with Gasteiger partial charge in [0.15, 0.2) is 11.5 Å². The molecule has 2 aliphatic heterocycles. The van der Waals surface area contributed by atoms with Crippen molar-refractivity contribution in [2.45, 2.75) is 11.6 Å². The van der Waals surface area contributed by atoms with Crippen LogP contribution in [0.25, 0.3) is 6.08 Å². The quantitative estimate of drug-likeness (QED) is 0.412. The van der Waals surface area contributed by atoms with E-state index in [0.29, 0.717) is 11.3 Å². The Balaban J connectivity index is 1.73. The van der Waals surface area contributed by atoms with Crippen LogP contribution >= 0.6 is 0 Å². The lowest BCUT2D eigenvalue weighted by Crippen LogP contribution is -2.70. The molecule has 0 radical (unpaired) electrons. The number of phenolic OH excluding ortho intramolecular Hbond substituents is 2. The molecule has 3 aromatic rings. The highest BCUT2D eigenvalue weighted by Crippen LogP contribution is 2.55. The number of aromatic hydroxyl groups is 2. The van der Waals surface area contributed by atoms with E-state index < -0.39 is 34.6 Å². The molecular weight excluding hydrogens is 460 g/mol. The van der Waals surface area contributed by atoms with Crippen LogP contribution in [0.4, 0.5) is 0 Å². The molecule has 2 heterocycles. The Kier molecular flexibility index (Phi) is 4.85. The molecule has 0 aliphatic carbocycles. The minimum Gasteiger partial charge on any atom is -0.508 e. The number of aliphatic hydroxyl groups is 1. The average molecular weight is 478 g/mol. The standard InChI is InChI=1S/C25H18O10/c1-32-16-6-4-14(5-7-16)25-24(31,23(30)22-17(27)11-15(26)12-20(22)35-25)33-18-8-2-13(3-9-21(28)29)10-19(18)34-25/h2-12,26-27,31H,1H3,(H,28,29)/b9-3+. The van der Waals surface area contributed by atoms with Crippen molar-refractivity contribution in [3.63, 3.8) is 0 Å². The van der Waals surface area contributed by atoms with Crippen LogP contribution in [-0.2, 0) is 10.6 Å². The van der Waals surface area contributed by atoms with E-state index in [2.05, 4.69) is 0 Å². The van der Waals surface area contributed by atoms with E-state index >= 15 is 0 Å². The molecule has 0 bridgehead atoms. The molecule has 0 fully saturated rings. The zero-order valence-electron chi connectivity index (χ0n) is 18.1. The van der Waals surface area contributed by atoms with E-state index in [1.54, 1.807) is 12.1 Å². The molecule has 0 aromatic heterocycles. The van der Waals surface area contributed by atoms with Crippen molar-refractivity contribution < 1.29 is 49.0 Å². The lowest BCUT2D eigenvalue weighted by molar-refractivity contribution is -0.316. The van der Waals surface area contributed by atoms with Gasteiger partial charge >= 0.3 is 17.5 Å². The van der Waals surface area contributed by atoms with Crippen molar-refractivity contribution >= 4 is 17.8 Å². The van der Waals surface area contributed by atoms with Crippen LogP contribution in [0.5, 0.6) is 34.5 Å². The maximum absolute atomic E-state index is 13.6. The minimum absolute atomic E-state index is 0.0252. The van der Waals surface area contributed by atoms with E-state index in [4.69, 9.17) is 24.1 Å². The first-order valence-electron chi connectivity index (χ1n) is 10.3. The van der Waals surface area contributed by atoms with E-state index in [0.717, 1.165) is 18.2 Å². The van der Waals surface area contributed by atoms with Crippen LogP contribution in [0.2, 0.25) is 0 Å². The molecule has 2 unspecified atom stereocenters. The number of carboxylic acid groups (broad SMARTS) is 1. The number of methoxy groups -OCH3 is 1. The van der Waals surface area contributed by atoms with Gasteiger partial charge in [0.2, 0.25) is 0 Å². The van der Waals surface area contributed by atoms with E-state index in [1.807, 2.05) is 0 Å². The number of ketones is 1. The van der Waals surface area contributed by atoms with Gasteiger partial charge in [-0.3, -0.25) is 4.79 Å². The van der Waals surface area contributed by atoms with Gasteiger partial charge < -0.3 is 39.4 Å². The summed E-state index contributed by atoms with van der Waals surface area (Å²) in [6, 6.07) is 12.5. The van der Waals surface area contributed by atoms with Gasteiger partial charge in [0.1, 0.15) is 28.6 Å². The van der Waals surface area contributed by atoms with E-state index in [-0.39, 0.29) is 28.6 Å². The number of hydrogen-bond donors (Lipinski definition) is 4. The molecule has 3 aromatic carbocycles. The van der Waals surface area contributed by atoms with Crippen LogP contribution in [0.3, 0.4) is 0 Å². The number of carbonyl (C=O) groups is 2. The molecule has 178 valence electrons. The Labute approximate surface area is 197 Å². The predicted molar refractivity (Wildman–Crippen MR) is 119 cm³/mol. The number of carboxylic acids is 1. The third kappa shape index (κ3) is 3.30. The first kappa shape index (κ1) is 22.1. The Hall–Kier alpha value is -4.70. The zero-order chi connectivity index (χ0) is 25.0. The molecule has 2 aliphatic rings. The van der Waals surface area contributed by atoms with Crippen molar-refractivity contribution in [3.05, 3.63) is 77.4 Å². The van der Waals surface area contributed by atoms with Crippen LogP contribution in [0, 0.1) is 0 Å². The van der Waals surface area contributed by atoms with Crippen molar-refractivity contribution in [2.75, 3.05) is 7.11 Å². The third-order valence-corrected chi connectivity index (χ3v) is 5.67. The highest BCUT2D eigenvalue weighted by atomic mass is 16.8. The minimum atomic E-state index is -2.80. The fourth-order valence-corrected chi connectivity index (χ4v) is 4.04. The summed E-state index contributed by atoms with van der Waals surface area (Å²) >= 11 is 0. The number of carbonyl (C=O) groups excluding carboxylic acids is 1. The molecule has 2 atom stereocenters. The summed E-state index contributed by atoms with van der Waals surface area (Å²) in [5, 5.41) is 40.9. The van der Waals surface area contributed by atoms with Crippen molar-refractivity contribution in [1.29, 1.82) is 0 Å². The van der Waals surface area contributed by atoms with Gasteiger partial charge in [-0.15, -0.1) is 0 Å². The fourth-order valence-electron chi connectivity index (χ4n) is 4.04. The molecule has 0 saturated heterocycles. The van der Waals surface area contributed by atoms with Crippen molar-refractivity contribution in [3.8, 4) is 34.5 Å². The summed E-state index contributed by atoms with van der Waals surface area (Å²) in [4.78, 5) is 24.5. The average Bonchev–Trinajstić information content (AvgIpc) is 2.82. The molecule has 4 N–H and O–H groups in total. The highest BCUT2D eigenvalue weighted by Gasteiger charge is 2.70. The number of rotatable bonds is 4. The largest absolute Gasteiger partial charge is 0.508 e. The van der Waals surface area contributed by atoms with Gasteiger partial charge in [0.05, 0.1) is 7.11 Å². The molecule has 5 rings (SSSR count). The summed E-state index contributed by atoms with van der Waals surface area (Å²) < 4.78 is 23.1. The number of ether oxygens (including phenoxy) is 4. The van der Waals surface area contributed by atoms with Crippen LogP contribution in [-0.4, -0.2) is 45.1 Å². The molecule has 10 heteroatoms. The lowest BCUT2D eigenvalue weighted by Gasteiger charge is -2.50. The summed E-state index contributed by atoms with van der Waals surface area (Å²) in [7, 11) is 1.47. The summed E-state index contributed by atoms with van der Waals surface area (Å²) in [5.41, 5.74) is 0.185. The second-order valence-electron chi connectivity index (χ2n) is 7.84. The maximum Gasteiger partial charge on any atom is 0.357 e. The van der Waals surface area contributed by atoms with Gasteiger partial charge in [-0.05, 0) is 48.0 Å². The van der Waals surface area contributed by atoms with Gasteiger partial charge in [0, 0.05) is 23.8 Å². The first-order valence-corrected chi connectivity index (χ1v) is 10.3. The molecular formula is C25H18O10. The van der Waals surface area contributed by atoms with E-state index in [1.165, 1.54) is 43.5 Å². The molecule has 0 amide bonds. The monoisotopic (exact) mass is 478 g/mol. The normalized spacial score (nSPS) is 22.2. The van der Waals surface area contributed by atoms with Gasteiger partial charge in [-0.2, -0.15) is 0 Å². The number of Topliss-reactive ketones (excluding diaryl/α,β-unsaturated/α-hetero) is 1. The number of phenols is 2. The second kappa shape index (κ2) is 7.67. The SMILES string of the molecule is COc1ccc(C23Oc4cc(/C=C/C(=O)O)ccc4OC2(O)C(=O)c2c(O)cc(O)cc2O3)cc1. The van der Waals surface area contributed by atoms with E-state index in [9.17, 15) is 24.9 Å². The van der Waals surface area contributed by atoms with Crippen LogP contribution < -0.4 is 18.9 Å². The number of benzene rings is 3. The fraction of sp³-hybridized carbons (Fsp3) is 0.120. The van der Waals surface area contributed by atoms with Crippen LogP contribution in [0.15, 0.2) is 60.7 Å². The highest BCUT2D eigenvalue weighted by molar-refractivity contribution is 6.08. The smallest absolute Gasteiger partial charge is 0.357 e. The first-order chi connectivity index (χ1) is 16.7. The summed E-state index contributed by atoms with van der Waals surface area (Å²) in [5.74, 6) is -8.09. The number of hydrogen-bond acceptors (Lipinski definition) is 9. The van der Waals surface area contributed by atoms with Gasteiger partial charge in [0.25, 0.3) is 5.78 Å². The number of fused-ring (bicyclic) bond motifs is 3. The summed E-state index contributed by atoms with van der Waals surface area (Å²) in [6.45, 7) is 0. The molecule has 0 spiro atoms. The van der Waals surface area contributed by atoms with Crippen molar-refractivity contribution in [1.82, 2.24) is 0 Å². The number of aliphatic carboxylic acids is 1. The Bertz CT molecular complexity index is 1390. The van der Waals surface area contributed by atoms with Crippen LogP contribution in [0.1, 0.15) is 21.5 Å². The van der Waals surface area contributed by atoms with Gasteiger partial charge in [-0.1, -0.05) is 6.07 Å². The maximum atomic E-state index is 13.6. The van der Waals surface area contributed by atoms with Crippen molar-refractivity contribution in [2.24, 2.45) is 0 Å². The molecule has 0 saturated carbocycles. The predicted octanol–water partition coefficient (Wildman–Crippen LogP) is 2.79.